The van der Waals surface area contributed by atoms with Crippen molar-refractivity contribution in [3.63, 3.8) is 0 Å². The Balaban J connectivity index is 1.97. The molecule has 0 N–H and O–H groups in total. The fourth-order valence-electron chi connectivity index (χ4n) is 4.19. The molecule has 0 bridgehead atoms. The highest BCUT2D eigenvalue weighted by Crippen LogP contribution is 2.49. The maximum Gasteiger partial charge on any atom is 0.0300 e. The molecular weight excluding hydrogens is 614 g/mol. The van der Waals surface area contributed by atoms with Crippen molar-refractivity contribution >= 4 is 45.2 Å². The molecule has 0 aromatic heterocycles. The Morgan fingerprint density at radius 3 is 0.656 bits per heavy atom. The minimum atomic E-state index is 1.24. The fourth-order valence-corrected chi connectivity index (χ4v) is 6.52. The van der Waals surface area contributed by atoms with E-state index in [9.17, 15) is 0 Å². The molecule has 0 saturated carbocycles. The summed E-state index contributed by atoms with van der Waals surface area (Å²) in [5.41, 5.74) is 10.1. The molecule has 5 rings (SSSR count). The van der Waals surface area contributed by atoms with E-state index in [1.807, 2.05) is 0 Å². The van der Waals surface area contributed by atoms with Crippen LogP contribution in [0.4, 0.5) is 0 Å². The molecular formula is C30H20I2. The molecule has 0 atom stereocenters. The standard InChI is InChI=1S/C30H20I2/c31-29-25(21-13-5-1-6-14-21)26(22-15-7-2-8-16-22)30(32)28(24-19-11-4-12-20-24)27(29)23-17-9-3-10-18-23/h1-20H. The molecule has 0 unspecified atom stereocenters. The van der Waals surface area contributed by atoms with Gasteiger partial charge < -0.3 is 0 Å². The van der Waals surface area contributed by atoms with E-state index in [0.717, 1.165) is 0 Å². The Kier molecular flexibility index (Phi) is 6.42. The van der Waals surface area contributed by atoms with Gasteiger partial charge >= 0.3 is 0 Å². The van der Waals surface area contributed by atoms with Gasteiger partial charge in [0.2, 0.25) is 0 Å². The molecule has 0 aliphatic carbocycles. The van der Waals surface area contributed by atoms with Crippen LogP contribution in [0.25, 0.3) is 44.5 Å². The molecule has 0 heterocycles. The minimum Gasteiger partial charge on any atom is -0.0622 e. The number of halogens is 2. The van der Waals surface area contributed by atoms with E-state index < -0.39 is 0 Å². The molecule has 5 aromatic carbocycles. The van der Waals surface area contributed by atoms with E-state index in [2.05, 4.69) is 167 Å². The molecule has 32 heavy (non-hydrogen) atoms. The Morgan fingerprint density at radius 1 is 0.281 bits per heavy atom. The summed E-state index contributed by atoms with van der Waals surface area (Å²) in [4.78, 5) is 0. The van der Waals surface area contributed by atoms with Crippen molar-refractivity contribution in [2.24, 2.45) is 0 Å². The molecule has 0 saturated heterocycles. The summed E-state index contributed by atoms with van der Waals surface area (Å²) in [5, 5.41) is 0. The predicted molar refractivity (Wildman–Crippen MR) is 154 cm³/mol. The van der Waals surface area contributed by atoms with Crippen LogP contribution in [0.1, 0.15) is 0 Å². The van der Waals surface area contributed by atoms with Gasteiger partial charge in [0, 0.05) is 29.4 Å². The molecule has 0 aliphatic rings. The van der Waals surface area contributed by atoms with Crippen LogP contribution < -0.4 is 0 Å². The van der Waals surface area contributed by atoms with Crippen LogP contribution >= 0.6 is 45.2 Å². The van der Waals surface area contributed by atoms with E-state index in [4.69, 9.17) is 0 Å². The largest absolute Gasteiger partial charge is 0.0622 e. The van der Waals surface area contributed by atoms with E-state index in [0.29, 0.717) is 0 Å². The summed E-state index contributed by atoms with van der Waals surface area (Å²) >= 11 is 5.13. The second-order valence-corrected chi connectivity index (χ2v) is 9.75. The van der Waals surface area contributed by atoms with Crippen LogP contribution in [0.3, 0.4) is 0 Å². The lowest BCUT2D eigenvalue weighted by Gasteiger charge is -2.23. The molecule has 0 aliphatic heterocycles. The van der Waals surface area contributed by atoms with E-state index in [1.54, 1.807) is 0 Å². The van der Waals surface area contributed by atoms with Gasteiger partial charge in [0.15, 0.2) is 0 Å². The zero-order valence-electron chi connectivity index (χ0n) is 17.3. The van der Waals surface area contributed by atoms with Crippen molar-refractivity contribution in [1.29, 1.82) is 0 Å². The number of hydrogen-bond donors (Lipinski definition) is 0. The molecule has 2 heteroatoms. The summed E-state index contributed by atoms with van der Waals surface area (Å²) in [5.74, 6) is 0. The third-order valence-corrected chi connectivity index (χ3v) is 7.79. The van der Waals surface area contributed by atoms with Crippen molar-refractivity contribution in [2.75, 3.05) is 0 Å². The summed E-state index contributed by atoms with van der Waals surface area (Å²) in [6, 6.07) is 43.1. The molecule has 5 aromatic rings. The highest BCUT2D eigenvalue weighted by Gasteiger charge is 2.24. The van der Waals surface area contributed by atoms with E-state index >= 15 is 0 Å². The quantitative estimate of drug-likeness (QED) is 0.173. The van der Waals surface area contributed by atoms with Crippen LogP contribution in [-0.2, 0) is 0 Å². The molecule has 0 amide bonds. The minimum absolute atomic E-state index is 1.24. The van der Waals surface area contributed by atoms with Crippen molar-refractivity contribution in [3.8, 4) is 44.5 Å². The number of hydrogen-bond acceptors (Lipinski definition) is 0. The van der Waals surface area contributed by atoms with Crippen molar-refractivity contribution < 1.29 is 0 Å². The third kappa shape index (κ3) is 4.02. The molecule has 0 radical (unpaired) electrons. The topological polar surface area (TPSA) is 0 Å². The van der Waals surface area contributed by atoms with Crippen molar-refractivity contribution in [3.05, 3.63) is 128 Å². The maximum absolute atomic E-state index is 2.57. The van der Waals surface area contributed by atoms with Crippen LogP contribution in [0.5, 0.6) is 0 Å². The second kappa shape index (κ2) is 9.59. The van der Waals surface area contributed by atoms with Gasteiger partial charge in [0.05, 0.1) is 0 Å². The van der Waals surface area contributed by atoms with Crippen LogP contribution in [0.2, 0.25) is 0 Å². The normalized spacial score (nSPS) is 10.8. The van der Waals surface area contributed by atoms with Crippen molar-refractivity contribution in [2.45, 2.75) is 0 Å². The van der Waals surface area contributed by atoms with Gasteiger partial charge in [-0.15, -0.1) is 0 Å². The molecule has 154 valence electrons. The first kappa shape index (κ1) is 21.4. The lowest BCUT2D eigenvalue weighted by atomic mass is 9.85. The van der Waals surface area contributed by atoms with Gasteiger partial charge in [0.25, 0.3) is 0 Å². The van der Waals surface area contributed by atoms with Crippen LogP contribution in [-0.4, -0.2) is 0 Å². The highest BCUT2D eigenvalue weighted by molar-refractivity contribution is 14.1. The maximum atomic E-state index is 2.57. The zero-order chi connectivity index (χ0) is 21.9. The summed E-state index contributed by atoms with van der Waals surface area (Å²) in [6.45, 7) is 0. The lowest BCUT2D eigenvalue weighted by Crippen LogP contribution is -2.01. The first-order valence-corrected chi connectivity index (χ1v) is 12.7. The second-order valence-electron chi connectivity index (χ2n) is 7.59. The number of rotatable bonds is 4. The first-order chi connectivity index (χ1) is 15.8. The predicted octanol–water partition coefficient (Wildman–Crippen LogP) is 9.56. The zero-order valence-corrected chi connectivity index (χ0v) is 21.6. The molecule has 0 spiro atoms. The molecule has 0 nitrogen and oxygen atoms in total. The SMILES string of the molecule is Ic1c(-c2ccccc2)c(-c2ccccc2)c(I)c(-c2ccccc2)c1-c1ccccc1. The van der Waals surface area contributed by atoms with Crippen LogP contribution in [0.15, 0.2) is 121 Å². The van der Waals surface area contributed by atoms with Gasteiger partial charge in [-0.3, -0.25) is 0 Å². The van der Waals surface area contributed by atoms with E-state index in [1.165, 1.54) is 51.6 Å². The Hall–Kier alpha value is -2.44. The van der Waals surface area contributed by atoms with Crippen molar-refractivity contribution in [1.82, 2.24) is 0 Å². The van der Waals surface area contributed by atoms with Gasteiger partial charge in [0.1, 0.15) is 0 Å². The Morgan fingerprint density at radius 2 is 0.469 bits per heavy atom. The summed E-state index contributed by atoms with van der Waals surface area (Å²) in [6.07, 6.45) is 0. The third-order valence-electron chi connectivity index (χ3n) is 5.63. The Labute approximate surface area is 216 Å². The van der Waals surface area contributed by atoms with Gasteiger partial charge in [-0.2, -0.15) is 0 Å². The Bertz CT molecular complexity index is 1130. The lowest BCUT2D eigenvalue weighted by molar-refractivity contribution is 1.49. The highest BCUT2D eigenvalue weighted by atomic mass is 127. The number of benzene rings is 5. The van der Waals surface area contributed by atoms with E-state index in [-0.39, 0.29) is 0 Å². The van der Waals surface area contributed by atoms with Gasteiger partial charge in [-0.1, -0.05) is 121 Å². The molecule has 0 fully saturated rings. The first-order valence-electron chi connectivity index (χ1n) is 10.5. The monoisotopic (exact) mass is 634 g/mol. The van der Waals surface area contributed by atoms with Crippen LogP contribution in [0, 0.1) is 7.14 Å². The fraction of sp³-hybridized carbons (Fsp3) is 0. The average Bonchev–Trinajstić information content (AvgIpc) is 2.87. The summed E-state index contributed by atoms with van der Waals surface area (Å²) in [7, 11) is 0. The summed E-state index contributed by atoms with van der Waals surface area (Å²) < 4.78 is 2.55. The average molecular weight is 634 g/mol. The van der Waals surface area contributed by atoms with Gasteiger partial charge in [-0.05, 0) is 67.4 Å². The smallest absolute Gasteiger partial charge is 0.0300 e. The van der Waals surface area contributed by atoms with Gasteiger partial charge in [-0.25, -0.2) is 0 Å².